The molecule has 1 aromatic rings. The number of halogens is 3. The Balaban J connectivity index is 3.20. The quantitative estimate of drug-likeness (QED) is 0.687. The Hall–Kier alpha value is -1.07. The highest BCUT2D eigenvalue weighted by Gasteiger charge is 2.15. The molecule has 0 heterocycles. The van der Waals surface area contributed by atoms with Gasteiger partial charge in [0, 0.05) is 11.6 Å². The predicted molar refractivity (Wildman–Crippen MR) is 40.3 cm³/mol. The van der Waals surface area contributed by atoms with Gasteiger partial charge in [0.25, 0.3) is 0 Å². The van der Waals surface area contributed by atoms with Crippen LogP contribution in [0.2, 0.25) is 0 Å². The highest BCUT2D eigenvalue weighted by molar-refractivity contribution is 5.23. The Morgan fingerprint density at radius 3 is 2.46 bits per heavy atom. The zero-order valence-electron chi connectivity index (χ0n) is 6.60. The number of aliphatic hydroxyl groups is 1. The number of nitrogens with two attached hydrogens (primary N) is 1. The molecule has 1 atom stereocenters. The fourth-order valence-electron chi connectivity index (χ4n) is 0.944. The molecule has 0 aliphatic carbocycles. The van der Waals surface area contributed by atoms with E-state index in [0.29, 0.717) is 6.07 Å². The topological polar surface area (TPSA) is 46.2 Å². The predicted octanol–water partition coefficient (Wildman–Crippen LogP) is 1.10. The number of benzene rings is 1. The summed E-state index contributed by atoms with van der Waals surface area (Å²) in [5, 5.41) is 8.56. The number of rotatable bonds is 2. The van der Waals surface area contributed by atoms with E-state index in [-0.39, 0.29) is 5.56 Å². The number of hydrogen-bond acceptors (Lipinski definition) is 2. The van der Waals surface area contributed by atoms with Gasteiger partial charge in [-0.15, -0.1) is 0 Å². The molecule has 0 bridgehead atoms. The lowest BCUT2D eigenvalue weighted by atomic mass is 10.1. The van der Waals surface area contributed by atoms with Crippen molar-refractivity contribution in [2.75, 3.05) is 6.61 Å². The van der Waals surface area contributed by atoms with Gasteiger partial charge in [-0.3, -0.25) is 0 Å². The van der Waals surface area contributed by atoms with Crippen LogP contribution in [0, 0.1) is 17.5 Å². The van der Waals surface area contributed by atoms with Crippen molar-refractivity contribution in [2.24, 2.45) is 5.73 Å². The average Bonchev–Trinajstić information content (AvgIpc) is 2.10. The van der Waals surface area contributed by atoms with Gasteiger partial charge in [-0.1, -0.05) is 0 Å². The van der Waals surface area contributed by atoms with E-state index in [1.807, 2.05) is 0 Å². The standard InChI is InChI=1S/C8H8F3NO/c9-4-1-5(7(12)3-13)8(11)6(10)2-4/h1-2,7,13H,3,12H2/t7-/m0/s1. The molecule has 3 N–H and O–H groups in total. The second-order valence-corrected chi connectivity index (χ2v) is 2.58. The maximum atomic E-state index is 12.9. The van der Waals surface area contributed by atoms with Gasteiger partial charge in [0.1, 0.15) is 5.82 Å². The zero-order chi connectivity index (χ0) is 10.0. The molecule has 0 fully saturated rings. The lowest BCUT2D eigenvalue weighted by Crippen LogP contribution is -2.17. The molecule has 0 spiro atoms. The Morgan fingerprint density at radius 2 is 1.92 bits per heavy atom. The summed E-state index contributed by atoms with van der Waals surface area (Å²) < 4.78 is 38.0. The lowest BCUT2D eigenvalue weighted by molar-refractivity contribution is 0.264. The Kier molecular flexibility index (Phi) is 2.90. The van der Waals surface area contributed by atoms with Crippen LogP contribution in [0.15, 0.2) is 12.1 Å². The van der Waals surface area contributed by atoms with Crippen LogP contribution in [0.4, 0.5) is 13.2 Å². The largest absolute Gasteiger partial charge is 0.394 e. The maximum Gasteiger partial charge on any atom is 0.163 e. The molecule has 0 aliphatic rings. The lowest BCUT2D eigenvalue weighted by Gasteiger charge is -2.09. The minimum Gasteiger partial charge on any atom is -0.394 e. The molecule has 0 saturated carbocycles. The molecular weight excluding hydrogens is 183 g/mol. The van der Waals surface area contributed by atoms with Crippen molar-refractivity contribution in [3.63, 3.8) is 0 Å². The van der Waals surface area contributed by atoms with Gasteiger partial charge in [0.05, 0.1) is 12.6 Å². The van der Waals surface area contributed by atoms with E-state index in [2.05, 4.69) is 0 Å². The molecule has 0 aromatic heterocycles. The van der Waals surface area contributed by atoms with Crippen LogP contribution in [0.25, 0.3) is 0 Å². The summed E-state index contributed by atoms with van der Waals surface area (Å²) in [6.45, 7) is -0.570. The summed E-state index contributed by atoms with van der Waals surface area (Å²) in [6.07, 6.45) is 0. The number of aliphatic hydroxyl groups excluding tert-OH is 1. The summed E-state index contributed by atoms with van der Waals surface area (Å²) in [5.74, 6) is -3.44. The first kappa shape index (κ1) is 10.0. The fraction of sp³-hybridized carbons (Fsp3) is 0.250. The van der Waals surface area contributed by atoms with E-state index >= 15 is 0 Å². The van der Waals surface area contributed by atoms with Gasteiger partial charge < -0.3 is 10.8 Å². The van der Waals surface area contributed by atoms with Gasteiger partial charge in [0.2, 0.25) is 0 Å². The fourth-order valence-corrected chi connectivity index (χ4v) is 0.944. The van der Waals surface area contributed by atoms with Crippen molar-refractivity contribution < 1.29 is 18.3 Å². The van der Waals surface area contributed by atoms with Crippen LogP contribution in [-0.2, 0) is 0 Å². The van der Waals surface area contributed by atoms with Crippen LogP contribution in [0.3, 0.4) is 0 Å². The van der Waals surface area contributed by atoms with Crippen LogP contribution in [-0.4, -0.2) is 11.7 Å². The highest BCUT2D eigenvalue weighted by atomic mass is 19.2. The zero-order valence-corrected chi connectivity index (χ0v) is 6.60. The molecule has 1 rings (SSSR count). The molecule has 0 aliphatic heterocycles. The minimum absolute atomic E-state index is 0.361. The van der Waals surface area contributed by atoms with Crippen molar-refractivity contribution in [1.29, 1.82) is 0 Å². The minimum atomic E-state index is -1.31. The van der Waals surface area contributed by atoms with Gasteiger partial charge in [0.15, 0.2) is 11.6 Å². The number of hydrogen-bond donors (Lipinski definition) is 2. The van der Waals surface area contributed by atoms with Gasteiger partial charge in [-0.25, -0.2) is 13.2 Å². The molecule has 2 nitrogen and oxygen atoms in total. The van der Waals surface area contributed by atoms with Crippen LogP contribution in [0.5, 0.6) is 0 Å². The van der Waals surface area contributed by atoms with Crippen molar-refractivity contribution in [3.05, 3.63) is 35.1 Å². The Morgan fingerprint density at radius 1 is 1.31 bits per heavy atom. The van der Waals surface area contributed by atoms with E-state index in [9.17, 15) is 13.2 Å². The summed E-state index contributed by atoms with van der Waals surface area (Å²) >= 11 is 0. The second kappa shape index (κ2) is 3.76. The SMILES string of the molecule is N[C@@H](CO)c1cc(F)cc(F)c1F. The van der Waals surface area contributed by atoms with Crippen LogP contribution in [0.1, 0.15) is 11.6 Å². The van der Waals surface area contributed by atoms with Crippen molar-refractivity contribution in [1.82, 2.24) is 0 Å². The molecular formula is C8H8F3NO. The molecule has 5 heteroatoms. The van der Waals surface area contributed by atoms with E-state index in [4.69, 9.17) is 10.8 Å². The average molecular weight is 191 g/mol. The second-order valence-electron chi connectivity index (χ2n) is 2.58. The van der Waals surface area contributed by atoms with Gasteiger partial charge >= 0.3 is 0 Å². The third kappa shape index (κ3) is 1.99. The third-order valence-corrected chi connectivity index (χ3v) is 1.62. The first-order valence-corrected chi connectivity index (χ1v) is 3.57. The van der Waals surface area contributed by atoms with Crippen molar-refractivity contribution in [2.45, 2.75) is 6.04 Å². The van der Waals surface area contributed by atoms with E-state index in [1.54, 1.807) is 0 Å². The summed E-state index contributed by atoms with van der Waals surface area (Å²) in [7, 11) is 0. The molecule has 0 saturated heterocycles. The summed E-state index contributed by atoms with van der Waals surface area (Å²) in [5.41, 5.74) is 4.85. The maximum absolute atomic E-state index is 12.9. The molecule has 0 unspecified atom stereocenters. The van der Waals surface area contributed by atoms with Crippen molar-refractivity contribution in [3.8, 4) is 0 Å². The Labute approximate surface area is 72.8 Å². The van der Waals surface area contributed by atoms with Crippen LogP contribution >= 0.6 is 0 Å². The van der Waals surface area contributed by atoms with E-state index in [1.165, 1.54) is 0 Å². The summed E-state index contributed by atoms with van der Waals surface area (Å²) in [4.78, 5) is 0. The third-order valence-electron chi connectivity index (χ3n) is 1.62. The smallest absolute Gasteiger partial charge is 0.163 e. The van der Waals surface area contributed by atoms with E-state index < -0.39 is 30.1 Å². The highest BCUT2D eigenvalue weighted by Crippen LogP contribution is 2.19. The van der Waals surface area contributed by atoms with Gasteiger partial charge in [-0.05, 0) is 6.07 Å². The normalized spacial score (nSPS) is 13.0. The molecule has 0 amide bonds. The summed E-state index contributed by atoms with van der Waals surface area (Å²) in [6, 6.07) is 0.0765. The van der Waals surface area contributed by atoms with E-state index in [0.717, 1.165) is 6.07 Å². The molecule has 1 aromatic carbocycles. The first-order valence-electron chi connectivity index (χ1n) is 3.57. The first-order chi connectivity index (χ1) is 6.06. The molecule has 0 radical (unpaired) electrons. The van der Waals surface area contributed by atoms with Crippen LogP contribution < -0.4 is 5.73 Å². The monoisotopic (exact) mass is 191 g/mol. The molecule has 72 valence electrons. The Bertz CT molecular complexity index is 317. The molecule has 13 heavy (non-hydrogen) atoms. The van der Waals surface area contributed by atoms with Crippen molar-refractivity contribution >= 4 is 0 Å². The van der Waals surface area contributed by atoms with Gasteiger partial charge in [-0.2, -0.15) is 0 Å².